The van der Waals surface area contributed by atoms with Crippen LogP contribution in [0.3, 0.4) is 0 Å². The summed E-state index contributed by atoms with van der Waals surface area (Å²) in [5, 5.41) is 17.1. The molecule has 2 rings (SSSR count). The predicted octanol–water partition coefficient (Wildman–Crippen LogP) is 2.10. The summed E-state index contributed by atoms with van der Waals surface area (Å²) in [6.45, 7) is 8.05. The summed E-state index contributed by atoms with van der Waals surface area (Å²) in [6, 6.07) is 0. The van der Waals surface area contributed by atoms with Crippen molar-refractivity contribution in [1.82, 2.24) is 9.80 Å². The second-order valence-electron chi connectivity index (χ2n) is 6.31. The van der Waals surface area contributed by atoms with Crippen LogP contribution in [0.5, 0.6) is 0 Å². The minimum Gasteiger partial charge on any atom is -0.396 e. The van der Waals surface area contributed by atoms with Crippen molar-refractivity contribution in [3.63, 3.8) is 0 Å². The molecule has 0 radical (unpaired) electrons. The van der Waals surface area contributed by atoms with E-state index in [0.717, 1.165) is 25.8 Å². The van der Waals surface area contributed by atoms with E-state index in [-0.39, 0.29) is 0 Å². The van der Waals surface area contributed by atoms with Gasteiger partial charge in [-0.05, 0) is 77.7 Å². The van der Waals surface area contributed by atoms with E-state index in [9.17, 15) is 0 Å². The Kier molecular flexibility index (Phi) is 12.1. The number of rotatable bonds is 7. The third kappa shape index (κ3) is 10.2. The molecule has 4 heteroatoms. The standard InChI is InChI=1S/C9H19NO.C8H17NO/c11-9-5-4-8-10-6-2-1-3-7-10;10-8-4-7-9-5-2-1-3-6-9/h11H,1-9H2;10H,1-8H2. The van der Waals surface area contributed by atoms with Crippen molar-refractivity contribution in [3.05, 3.63) is 0 Å². The maximum Gasteiger partial charge on any atom is 0.0443 e. The SMILES string of the molecule is OCCCCN1CCCCC1.OCCCN1CCCCC1. The molecule has 0 amide bonds. The minimum atomic E-state index is 0.344. The minimum absolute atomic E-state index is 0.344. The van der Waals surface area contributed by atoms with E-state index in [1.54, 1.807) is 0 Å². The average Bonchev–Trinajstić information content (AvgIpc) is 2.56. The van der Waals surface area contributed by atoms with E-state index >= 15 is 0 Å². The fourth-order valence-corrected chi connectivity index (χ4v) is 3.11. The lowest BCUT2D eigenvalue weighted by molar-refractivity contribution is 0.198. The zero-order valence-corrected chi connectivity index (χ0v) is 13.8. The van der Waals surface area contributed by atoms with Gasteiger partial charge in [-0.2, -0.15) is 0 Å². The molecule has 0 spiro atoms. The zero-order chi connectivity index (χ0) is 15.2. The molecule has 2 heterocycles. The maximum absolute atomic E-state index is 8.58. The maximum atomic E-state index is 8.58. The molecule has 126 valence electrons. The molecule has 4 nitrogen and oxygen atoms in total. The van der Waals surface area contributed by atoms with E-state index in [1.807, 2.05) is 0 Å². The number of aliphatic hydroxyl groups is 2. The number of aliphatic hydroxyl groups excluding tert-OH is 2. The van der Waals surface area contributed by atoms with Gasteiger partial charge in [0, 0.05) is 19.8 Å². The topological polar surface area (TPSA) is 46.9 Å². The van der Waals surface area contributed by atoms with Gasteiger partial charge in [0.15, 0.2) is 0 Å². The molecule has 0 aromatic rings. The number of hydrogen-bond acceptors (Lipinski definition) is 4. The first kappa shape index (κ1) is 18.9. The molecule has 0 atom stereocenters. The van der Waals surface area contributed by atoms with E-state index in [2.05, 4.69) is 9.80 Å². The Morgan fingerprint density at radius 2 is 0.952 bits per heavy atom. The highest BCUT2D eigenvalue weighted by atomic mass is 16.3. The van der Waals surface area contributed by atoms with Crippen LogP contribution in [0.15, 0.2) is 0 Å². The summed E-state index contributed by atoms with van der Waals surface area (Å²) < 4.78 is 0. The fraction of sp³-hybridized carbons (Fsp3) is 1.00. The van der Waals surface area contributed by atoms with Crippen LogP contribution in [-0.4, -0.2) is 72.5 Å². The van der Waals surface area contributed by atoms with Gasteiger partial charge < -0.3 is 20.0 Å². The molecular formula is C17H36N2O2. The number of unbranched alkanes of at least 4 members (excludes halogenated alkanes) is 1. The Morgan fingerprint density at radius 3 is 1.38 bits per heavy atom. The van der Waals surface area contributed by atoms with Crippen LogP contribution >= 0.6 is 0 Å². The molecule has 0 bridgehead atoms. The largest absolute Gasteiger partial charge is 0.396 e. The van der Waals surface area contributed by atoms with Crippen molar-refractivity contribution in [3.8, 4) is 0 Å². The second kappa shape index (κ2) is 13.5. The van der Waals surface area contributed by atoms with Gasteiger partial charge in [0.2, 0.25) is 0 Å². The Hall–Kier alpha value is -0.160. The smallest absolute Gasteiger partial charge is 0.0443 e. The Labute approximate surface area is 131 Å². The molecule has 2 aliphatic heterocycles. The molecule has 0 unspecified atom stereocenters. The highest BCUT2D eigenvalue weighted by Crippen LogP contribution is 2.09. The lowest BCUT2D eigenvalue weighted by Gasteiger charge is -2.26. The number of nitrogens with zero attached hydrogens (tertiary/aromatic N) is 2. The lowest BCUT2D eigenvalue weighted by atomic mass is 10.1. The molecule has 2 fully saturated rings. The van der Waals surface area contributed by atoms with Crippen LogP contribution in [0.4, 0.5) is 0 Å². The van der Waals surface area contributed by atoms with Crippen LogP contribution in [0.1, 0.15) is 57.8 Å². The van der Waals surface area contributed by atoms with Crippen molar-refractivity contribution in [2.75, 3.05) is 52.5 Å². The number of piperidine rings is 2. The van der Waals surface area contributed by atoms with Crippen molar-refractivity contribution >= 4 is 0 Å². The van der Waals surface area contributed by atoms with Gasteiger partial charge in [-0.1, -0.05) is 12.8 Å². The number of likely N-dealkylation sites (tertiary alicyclic amines) is 2. The second-order valence-corrected chi connectivity index (χ2v) is 6.31. The van der Waals surface area contributed by atoms with Crippen LogP contribution in [0.2, 0.25) is 0 Å². The predicted molar refractivity (Wildman–Crippen MR) is 88.6 cm³/mol. The van der Waals surface area contributed by atoms with E-state index in [1.165, 1.54) is 71.2 Å². The van der Waals surface area contributed by atoms with E-state index in [0.29, 0.717) is 13.2 Å². The fourth-order valence-electron chi connectivity index (χ4n) is 3.11. The van der Waals surface area contributed by atoms with E-state index < -0.39 is 0 Å². The summed E-state index contributed by atoms with van der Waals surface area (Å²) in [5.41, 5.74) is 0. The zero-order valence-electron chi connectivity index (χ0n) is 13.8. The summed E-state index contributed by atoms with van der Waals surface area (Å²) in [7, 11) is 0. The molecule has 0 aromatic heterocycles. The number of hydrogen-bond donors (Lipinski definition) is 2. The Morgan fingerprint density at radius 1 is 0.524 bits per heavy atom. The lowest BCUT2D eigenvalue weighted by Crippen LogP contribution is -2.30. The van der Waals surface area contributed by atoms with Gasteiger partial charge in [0.25, 0.3) is 0 Å². The quantitative estimate of drug-likeness (QED) is 0.707. The van der Waals surface area contributed by atoms with Crippen LogP contribution in [0, 0.1) is 0 Å². The van der Waals surface area contributed by atoms with Crippen LogP contribution < -0.4 is 0 Å². The van der Waals surface area contributed by atoms with Crippen molar-refractivity contribution in [2.45, 2.75) is 57.8 Å². The van der Waals surface area contributed by atoms with Gasteiger partial charge >= 0.3 is 0 Å². The van der Waals surface area contributed by atoms with Crippen LogP contribution in [-0.2, 0) is 0 Å². The van der Waals surface area contributed by atoms with Gasteiger partial charge in [0.05, 0.1) is 0 Å². The Bertz CT molecular complexity index is 215. The summed E-state index contributed by atoms with van der Waals surface area (Å²) in [4.78, 5) is 4.96. The highest BCUT2D eigenvalue weighted by Gasteiger charge is 2.08. The molecular weight excluding hydrogens is 264 g/mol. The molecule has 2 aliphatic rings. The molecule has 2 saturated heterocycles. The van der Waals surface area contributed by atoms with Gasteiger partial charge in [-0.25, -0.2) is 0 Å². The summed E-state index contributed by atoms with van der Waals surface area (Å²) >= 11 is 0. The molecule has 2 N–H and O–H groups in total. The van der Waals surface area contributed by atoms with E-state index in [4.69, 9.17) is 10.2 Å². The van der Waals surface area contributed by atoms with Crippen molar-refractivity contribution < 1.29 is 10.2 Å². The van der Waals surface area contributed by atoms with Crippen LogP contribution in [0.25, 0.3) is 0 Å². The third-order valence-electron chi connectivity index (χ3n) is 4.41. The van der Waals surface area contributed by atoms with Gasteiger partial charge in [0.1, 0.15) is 0 Å². The first-order valence-electron chi connectivity index (χ1n) is 9.03. The molecule has 0 aliphatic carbocycles. The normalized spacial score (nSPS) is 20.9. The first-order chi connectivity index (χ1) is 10.4. The van der Waals surface area contributed by atoms with Gasteiger partial charge in [-0.15, -0.1) is 0 Å². The first-order valence-corrected chi connectivity index (χ1v) is 9.03. The average molecular weight is 300 g/mol. The Balaban J connectivity index is 0.000000211. The molecule has 0 aromatic carbocycles. The summed E-state index contributed by atoms with van der Waals surface area (Å²) in [5.74, 6) is 0. The van der Waals surface area contributed by atoms with Crippen molar-refractivity contribution in [2.24, 2.45) is 0 Å². The molecule has 21 heavy (non-hydrogen) atoms. The molecule has 0 saturated carbocycles. The highest BCUT2D eigenvalue weighted by molar-refractivity contribution is 4.64. The van der Waals surface area contributed by atoms with Crippen molar-refractivity contribution in [1.29, 1.82) is 0 Å². The monoisotopic (exact) mass is 300 g/mol. The third-order valence-corrected chi connectivity index (χ3v) is 4.41. The summed E-state index contributed by atoms with van der Waals surface area (Å²) in [6.07, 6.45) is 11.3. The van der Waals surface area contributed by atoms with Gasteiger partial charge in [-0.3, -0.25) is 0 Å².